The molecule has 152 valence electrons. The molecule has 0 saturated carbocycles. The van der Waals surface area contributed by atoms with Crippen LogP contribution in [0.15, 0.2) is 0 Å². The number of unbranched alkanes of at least 4 members (excludes halogenated alkanes) is 2. The van der Waals surface area contributed by atoms with Crippen LogP contribution < -0.4 is 0 Å². The second-order valence-electron chi connectivity index (χ2n) is 7.21. The standard InChI is InChI=1S/C14H32O8P2S/c1-13(2,21-23(15,16)17)9-5-7-11-25-12-8-6-10-14(3,4)22-24(18,19)20/h5-12H2,1-4H3,(H2,15,16,17)(H2,18,19,20). The van der Waals surface area contributed by atoms with Crippen molar-refractivity contribution in [1.82, 2.24) is 0 Å². The Morgan fingerprint density at radius 3 is 1.32 bits per heavy atom. The first-order valence-electron chi connectivity index (χ1n) is 8.22. The Bertz CT molecular complexity index is 429. The maximum atomic E-state index is 10.8. The summed E-state index contributed by atoms with van der Waals surface area (Å²) in [7, 11) is -8.91. The van der Waals surface area contributed by atoms with Crippen molar-refractivity contribution in [3.05, 3.63) is 0 Å². The molecule has 0 saturated heterocycles. The molecule has 25 heavy (non-hydrogen) atoms. The van der Waals surface area contributed by atoms with Gasteiger partial charge in [-0.2, -0.15) is 11.8 Å². The minimum absolute atomic E-state index is 0.576. The fourth-order valence-corrected chi connectivity index (χ4v) is 4.84. The second-order valence-corrected chi connectivity index (χ2v) is 10.8. The monoisotopic (exact) mass is 422 g/mol. The van der Waals surface area contributed by atoms with Gasteiger partial charge in [0.15, 0.2) is 0 Å². The lowest BCUT2D eigenvalue weighted by Gasteiger charge is -2.25. The molecule has 0 aliphatic carbocycles. The van der Waals surface area contributed by atoms with Crippen molar-refractivity contribution < 1.29 is 37.8 Å². The molecule has 0 aromatic carbocycles. The highest BCUT2D eigenvalue weighted by Gasteiger charge is 2.29. The molecule has 0 radical (unpaired) electrons. The Morgan fingerprint density at radius 1 is 0.720 bits per heavy atom. The van der Waals surface area contributed by atoms with Crippen molar-refractivity contribution >= 4 is 27.4 Å². The van der Waals surface area contributed by atoms with Gasteiger partial charge < -0.3 is 19.6 Å². The lowest BCUT2D eigenvalue weighted by Crippen LogP contribution is -2.22. The predicted octanol–water partition coefficient (Wildman–Crippen LogP) is 3.84. The van der Waals surface area contributed by atoms with E-state index in [1.54, 1.807) is 39.5 Å². The lowest BCUT2D eigenvalue weighted by molar-refractivity contribution is 0.0548. The molecular weight excluding hydrogens is 390 g/mol. The number of hydrogen-bond acceptors (Lipinski definition) is 5. The highest BCUT2D eigenvalue weighted by atomic mass is 32.2. The molecule has 0 aromatic rings. The largest absolute Gasteiger partial charge is 0.470 e. The van der Waals surface area contributed by atoms with E-state index in [9.17, 15) is 9.13 Å². The predicted molar refractivity (Wildman–Crippen MR) is 99.4 cm³/mol. The molecule has 4 N–H and O–H groups in total. The molecular formula is C14H32O8P2S. The zero-order chi connectivity index (χ0) is 19.8. The van der Waals surface area contributed by atoms with E-state index >= 15 is 0 Å². The summed E-state index contributed by atoms with van der Waals surface area (Å²) in [6.07, 6.45) is 4.67. The molecule has 0 spiro atoms. The molecule has 0 bridgehead atoms. The maximum absolute atomic E-state index is 10.8. The molecule has 0 unspecified atom stereocenters. The summed E-state index contributed by atoms with van der Waals surface area (Å²) >= 11 is 1.79. The minimum atomic E-state index is -4.45. The number of hydrogen-bond donors (Lipinski definition) is 4. The third-order valence-electron chi connectivity index (χ3n) is 3.37. The van der Waals surface area contributed by atoms with Crippen molar-refractivity contribution in [1.29, 1.82) is 0 Å². The zero-order valence-corrected chi connectivity index (χ0v) is 18.0. The molecule has 0 aliphatic rings. The van der Waals surface area contributed by atoms with Gasteiger partial charge in [0.2, 0.25) is 0 Å². The van der Waals surface area contributed by atoms with Crippen LogP contribution in [0.2, 0.25) is 0 Å². The molecule has 0 aliphatic heterocycles. The second kappa shape index (κ2) is 10.8. The normalized spacial score (nSPS) is 14.1. The van der Waals surface area contributed by atoms with Gasteiger partial charge >= 0.3 is 15.6 Å². The van der Waals surface area contributed by atoms with Crippen LogP contribution >= 0.6 is 27.4 Å². The van der Waals surface area contributed by atoms with Crippen LogP contribution in [0, 0.1) is 0 Å². The fourth-order valence-electron chi connectivity index (χ4n) is 2.35. The molecule has 0 amide bonds. The van der Waals surface area contributed by atoms with Crippen molar-refractivity contribution in [2.45, 2.75) is 77.4 Å². The molecule has 11 heteroatoms. The summed E-state index contributed by atoms with van der Waals surface area (Å²) in [6.45, 7) is 6.67. The van der Waals surface area contributed by atoms with E-state index in [4.69, 9.17) is 28.6 Å². The van der Waals surface area contributed by atoms with E-state index in [-0.39, 0.29) is 0 Å². The van der Waals surface area contributed by atoms with Crippen LogP contribution in [-0.2, 0) is 18.2 Å². The summed E-state index contributed by atoms with van der Waals surface area (Å²) in [5, 5.41) is 0. The fraction of sp³-hybridized carbons (Fsp3) is 1.00. The number of phosphoric ester groups is 2. The van der Waals surface area contributed by atoms with Crippen molar-refractivity contribution in [2.75, 3.05) is 11.5 Å². The Kier molecular flexibility index (Phi) is 11.0. The molecule has 0 atom stereocenters. The third-order valence-corrected chi connectivity index (χ3v) is 5.99. The topological polar surface area (TPSA) is 134 Å². The number of thioether (sulfide) groups is 1. The van der Waals surface area contributed by atoms with Gasteiger partial charge in [0.1, 0.15) is 0 Å². The van der Waals surface area contributed by atoms with E-state index in [1.165, 1.54) is 0 Å². The molecule has 0 rings (SSSR count). The average Bonchev–Trinajstić information content (AvgIpc) is 2.30. The SMILES string of the molecule is CC(C)(CCCCSCCCCC(C)(C)OP(=O)(O)O)OP(=O)(O)O. The van der Waals surface area contributed by atoms with Crippen LogP contribution in [0.3, 0.4) is 0 Å². The third kappa shape index (κ3) is 17.7. The summed E-state index contributed by atoms with van der Waals surface area (Å²) in [5.74, 6) is 1.91. The summed E-state index contributed by atoms with van der Waals surface area (Å²) < 4.78 is 31.2. The smallest absolute Gasteiger partial charge is 0.303 e. The Hall–Kier alpha value is 0.570. The quantitative estimate of drug-likeness (QED) is 0.243. The van der Waals surface area contributed by atoms with E-state index in [0.717, 1.165) is 37.2 Å². The minimum Gasteiger partial charge on any atom is -0.303 e. The van der Waals surface area contributed by atoms with E-state index < -0.39 is 26.8 Å². The summed E-state index contributed by atoms with van der Waals surface area (Å²) in [4.78, 5) is 35.3. The number of rotatable bonds is 14. The first-order valence-corrected chi connectivity index (χ1v) is 12.4. The highest BCUT2D eigenvalue weighted by Crippen LogP contribution is 2.43. The van der Waals surface area contributed by atoms with Crippen LogP contribution in [0.5, 0.6) is 0 Å². The summed E-state index contributed by atoms with van der Waals surface area (Å²) in [6, 6.07) is 0. The van der Waals surface area contributed by atoms with Gasteiger partial charge in [-0.05, 0) is 77.7 Å². The van der Waals surface area contributed by atoms with Gasteiger partial charge in [-0.25, -0.2) is 9.13 Å². The molecule has 0 fully saturated rings. The Balaban J connectivity index is 3.69. The van der Waals surface area contributed by atoms with Crippen LogP contribution in [0.4, 0.5) is 0 Å². The Morgan fingerprint density at radius 2 is 1.04 bits per heavy atom. The van der Waals surface area contributed by atoms with Gasteiger partial charge in [0, 0.05) is 0 Å². The van der Waals surface area contributed by atoms with Crippen LogP contribution in [0.1, 0.15) is 66.2 Å². The van der Waals surface area contributed by atoms with Gasteiger partial charge in [-0.15, -0.1) is 0 Å². The van der Waals surface area contributed by atoms with Crippen molar-refractivity contribution in [2.24, 2.45) is 0 Å². The Labute approximate surface area is 154 Å². The number of phosphoric acid groups is 2. The molecule has 0 heterocycles. The van der Waals surface area contributed by atoms with Gasteiger partial charge in [-0.1, -0.05) is 0 Å². The van der Waals surface area contributed by atoms with Crippen LogP contribution in [-0.4, -0.2) is 42.3 Å². The first-order chi connectivity index (χ1) is 11.1. The van der Waals surface area contributed by atoms with E-state index in [2.05, 4.69) is 0 Å². The van der Waals surface area contributed by atoms with E-state index in [0.29, 0.717) is 12.8 Å². The zero-order valence-electron chi connectivity index (χ0n) is 15.4. The van der Waals surface area contributed by atoms with Gasteiger partial charge in [0.05, 0.1) is 11.2 Å². The molecule has 8 nitrogen and oxygen atoms in total. The van der Waals surface area contributed by atoms with Gasteiger partial charge in [0.25, 0.3) is 0 Å². The summed E-state index contributed by atoms with van der Waals surface area (Å²) in [5.41, 5.74) is -1.68. The molecule has 0 aromatic heterocycles. The lowest BCUT2D eigenvalue weighted by atomic mass is 10.0. The average molecular weight is 422 g/mol. The first kappa shape index (κ1) is 25.6. The van der Waals surface area contributed by atoms with Gasteiger partial charge in [-0.3, -0.25) is 9.05 Å². The van der Waals surface area contributed by atoms with Crippen molar-refractivity contribution in [3.8, 4) is 0 Å². The maximum Gasteiger partial charge on any atom is 0.470 e. The van der Waals surface area contributed by atoms with Crippen LogP contribution in [0.25, 0.3) is 0 Å². The van der Waals surface area contributed by atoms with Crippen molar-refractivity contribution in [3.63, 3.8) is 0 Å². The van der Waals surface area contributed by atoms with E-state index in [1.807, 2.05) is 0 Å². The highest BCUT2D eigenvalue weighted by molar-refractivity contribution is 7.99.